The Morgan fingerprint density at radius 2 is 1.33 bits per heavy atom. The van der Waals surface area contributed by atoms with Crippen LogP contribution in [0.3, 0.4) is 0 Å². The first-order valence-corrected chi connectivity index (χ1v) is 10.6. The predicted molar refractivity (Wildman–Crippen MR) is 114 cm³/mol. The zero-order valence-corrected chi connectivity index (χ0v) is 16.7. The summed E-state index contributed by atoms with van der Waals surface area (Å²) in [6.07, 6.45) is 14.5. The monoisotopic (exact) mass is 366 g/mol. The summed E-state index contributed by atoms with van der Waals surface area (Å²) in [6, 6.07) is 15.3. The molecule has 27 heavy (non-hydrogen) atoms. The van der Waals surface area contributed by atoms with Crippen LogP contribution in [0, 0.1) is 0 Å². The number of hydrogen-bond acceptors (Lipinski definition) is 3. The molecular formula is C24H34N2O. The zero-order valence-electron chi connectivity index (χ0n) is 16.7. The first-order chi connectivity index (χ1) is 13.3. The summed E-state index contributed by atoms with van der Waals surface area (Å²) in [6.45, 7) is 2.27. The molecule has 0 bridgehead atoms. The fraction of sp³-hybridized carbons (Fsp3) is 0.500. The van der Waals surface area contributed by atoms with Crippen molar-refractivity contribution in [3.8, 4) is 5.75 Å². The summed E-state index contributed by atoms with van der Waals surface area (Å²) >= 11 is 0. The Bertz CT molecular complexity index is 667. The highest BCUT2D eigenvalue weighted by atomic mass is 16.3. The van der Waals surface area contributed by atoms with Gasteiger partial charge in [-0.2, -0.15) is 5.11 Å². The summed E-state index contributed by atoms with van der Waals surface area (Å²) in [7, 11) is 0. The maximum absolute atomic E-state index is 10.0. The largest absolute Gasteiger partial charge is 0.506 e. The van der Waals surface area contributed by atoms with Gasteiger partial charge in [-0.25, -0.2) is 0 Å². The van der Waals surface area contributed by atoms with Crippen LogP contribution in [0.5, 0.6) is 5.75 Å². The smallest absolute Gasteiger partial charge is 0.143 e. The molecule has 2 aromatic rings. The van der Waals surface area contributed by atoms with Crippen LogP contribution >= 0.6 is 0 Å². The number of rotatable bonds is 13. The van der Waals surface area contributed by atoms with Gasteiger partial charge in [0, 0.05) is 0 Å². The normalized spacial score (nSPS) is 11.3. The molecule has 0 aliphatic carbocycles. The topological polar surface area (TPSA) is 45.0 Å². The van der Waals surface area contributed by atoms with Gasteiger partial charge in [0.05, 0.1) is 5.69 Å². The van der Waals surface area contributed by atoms with Crippen molar-refractivity contribution in [2.75, 3.05) is 0 Å². The van der Waals surface area contributed by atoms with Crippen molar-refractivity contribution in [1.82, 2.24) is 0 Å². The third-order valence-corrected chi connectivity index (χ3v) is 4.89. The van der Waals surface area contributed by atoms with Crippen LogP contribution in [0.25, 0.3) is 0 Å². The molecule has 0 radical (unpaired) electrons. The van der Waals surface area contributed by atoms with Crippen LogP contribution in [0.15, 0.2) is 58.8 Å². The van der Waals surface area contributed by atoms with E-state index in [1.54, 1.807) is 6.07 Å². The van der Waals surface area contributed by atoms with Gasteiger partial charge in [-0.05, 0) is 42.7 Å². The van der Waals surface area contributed by atoms with Gasteiger partial charge < -0.3 is 5.11 Å². The van der Waals surface area contributed by atoms with Crippen LogP contribution in [-0.4, -0.2) is 5.11 Å². The molecule has 0 fully saturated rings. The quantitative estimate of drug-likeness (QED) is 0.281. The molecule has 0 aromatic heterocycles. The van der Waals surface area contributed by atoms with E-state index in [1.165, 1.54) is 69.8 Å². The zero-order chi connectivity index (χ0) is 19.2. The molecule has 0 saturated carbocycles. The van der Waals surface area contributed by atoms with E-state index in [0.717, 1.165) is 12.1 Å². The maximum Gasteiger partial charge on any atom is 0.143 e. The van der Waals surface area contributed by atoms with Crippen molar-refractivity contribution in [2.24, 2.45) is 10.2 Å². The highest BCUT2D eigenvalue weighted by molar-refractivity contribution is 5.52. The molecule has 0 atom stereocenters. The van der Waals surface area contributed by atoms with E-state index in [0.29, 0.717) is 5.69 Å². The SMILES string of the molecule is CCCCCCCCCCCCc1ccc(O)c(N=Nc2ccccc2)c1. The number of hydrogen-bond donors (Lipinski definition) is 1. The van der Waals surface area contributed by atoms with Crippen molar-refractivity contribution < 1.29 is 5.11 Å². The number of phenols is 1. The molecule has 3 nitrogen and oxygen atoms in total. The number of phenolic OH excluding ortho intramolecular Hbond substituents is 1. The molecule has 0 heterocycles. The van der Waals surface area contributed by atoms with Gasteiger partial charge in [-0.3, -0.25) is 0 Å². The van der Waals surface area contributed by atoms with E-state index in [1.807, 2.05) is 42.5 Å². The lowest BCUT2D eigenvalue weighted by molar-refractivity contribution is 0.476. The number of unbranched alkanes of at least 4 members (excludes halogenated alkanes) is 9. The lowest BCUT2D eigenvalue weighted by Gasteiger charge is -2.05. The van der Waals surface area contributed by atoms with Crippen LogP contribution in [0.4, 0.5) is 11.4 Å². The van der Waals surface area contributed by atoms with E-state index in [9.17, 15) is 5.11 Å². The summed E-state index contributed by atoms with van der Waals surface area (Å²) in [4.78, 5) is 0. The second kappa shape index (κ2) is 13.1. The number of nitrogens with zero attached hydrogens (tertiary/aromatic N) is 2. The molecule has 0 amide bonds. The average Bonchev–Trinajstić information content (AvgIpc) is 2.70. The highest BCUT2D eigenvalue weighted by Crippen LogP contribution is 2.29. The van der Waals surface area contributed by atoms with Crippen molar-refractivity contribution in [1.29, 1.82) is 0 Å². The molecule has 1 N–H and O–H groups in total. The molecule has 0 saturated heterocycles. The molecule has 0 spiro atoms. The summed E-state index contributed by atoms with van der Waals surface area (Å²) in [5, 5.41) is 18.4. The minimum Gasteiger partial charge on any atom is -0.506 e. The molecule has 2 aromatic carbocycles. The second-order valence-electron chi connectivity index (χ2n) is 7.29. The molecule has 0 aliphatic heterocycles. The van der Waals surface area contributed by atoms with Gasteiger partial charge in [0.1, 0.15) is 11.4 Å². The summed E-state index contributed by atoms with van der Waals surface area (Å²) in [5.41, 5.74) is 2.55. The Hall–Kier alpha value is -2.16. The van der Waals surface area contributed by atoms with Crippen molar-refractivity contribution in [2.45, 2.75) is 77.6 Å². The molecule has 146 valence electrons. The summed E-state index contributed by atoms with van der Waals surface area (Å²) in [5.74, 6) is 0.182. The molecule has 3 heteroatoms. The average molecular weight is 367 g/mol. The van der Waals surface area contributed by atoms with E-state index >= 15 is 0 Å². The first-order valence-electron chi connectivity index (χ1n) is 10.6. The third-order valence-electron chi connectivity index (χ3n) is 4.89. The Labute approximate surface area is 164 Å². The van der Waals surface area contributed by atoms with Crippen molar-refractivity contribution >= 4 is 11.4 Å². The van der Waals surface area contributed by atoms with Gasteiger partial charge >= 0.3 is 0 Å². The number of aromatic hydroxyl groups is 1. The minimum atomic E-state index is 0.182. The Morgan fingerprint density at radius 1 is 0.704 bits per heavy atom. The van der Waals surface area contributed by atoms with E-state index < -0.39 is 0 Å². The number of azo groups is 1. The minimum absolute atomic E-state index is 0.182. The maximum atomic E-state index is 10.0. The Morgan fingerprint density at radius 3 is 2.00 bits per heavy atom. The summed E-state index contributed by atoms with van der Waals surface area (Å²) < 4.78 is 0. The van der Waals surface area contributed by atoms with Crippen LogP contribution in [-0.2, 0) is 6.42 Å². The van der Waals surface area contributed by atoms with E-state index in [-0.39, 0.29) is 5.75 Å². The molecule has 0 unspecified atom stereocenters. The van der Waals surface area contributed by atoms with Crippen molar-refractivity contribution in [3.05, 3.63) is 54.1 Å². The molecule has 0 aliphatic rings. The van der Waals surface area contributed by atoms with Crippen LogP contribution in [0.2, 0.25) is 0 Å². The third kappa shape index (κ3) is 8.85. The van der Waals surface area contributed by atoms with Gasteiger partial charge in [-0.1, -0.05) is 89.0 Å². The predicted octanol–water partition coefficient (Wildman–Crippen LogP) is 8.27. The number of aryl methyl sites for hydroxylation is 1. The molecular weight excluding hydrogens is 332 g/mol. The first kappa shape index (κ1) is 21.1. The van der Waals surface area contributed by atoms with Gasteiger partial charge in [0.2, 0.25) is 0 Å². The van der Waals surface area contributed by atoms with Crippen LogP contribution in [0.1, 0.15) is 76.7 Å². The van der Waals surface area contributed by atoms with Crippen molar-refractivity contribution in [3.63, 3.8) is 0 Å². The number of benzene rings is 2. The molecule has 2 rings (SSSR count). The van der Waals surface area contributed by atoms with Crippen LogP contribution < -0.4 is 0 Å². The van der Waals surface area contributed by atoms with Gasteiger partial charge in [-0.15, -0.1) is 5.11 Å². The fourth-order valence-corrected chi connectivity index (χ4v) is 3.23. The Kier molecular flexibility index (Phi) is 10.2. The van der Waals surface area contributed by atoms with E-state index in [2.05, 4.69) is 17.2 Å². The lowest BCUT2D eigenvalue weighted by atomic mass is 10.0. The lowest BCUT2D eigenvalue weighted by Crippen LogP contribution is -1.87. The van der Waals surface area contributed by atoms with Gasteiger partial charge in [0.25, 0.3) is 0 Å². The highest BCUT2D eigenvalue weighted by Gasteiger charge is 2.03. The van der Waals surface area contributed by atoms with E-state index in [4.69, 9.17) is 0 Å². The standard InChI is InChI=1S/C24H34N2O/c1-2-3-4-5-6-7-8-9-10-12-15-21-18-19-24(27)23(20-21)26-25-22-16-13-11-14-17-22/h11,13-14,16-20,27H,2-10,12,15H2,1H3. The van der Waals surface area contributed by atoms with Gasteiger partial charge in [0.15, 0.2) is 0 Å². The fourth-order valence-electron chi connectivity index (χ4n) is 3.23. The second-order valence-corrected chi connectivity index (χ2v) is 7.29. The Balaban J connectivity index is 1.67.